The van der Waals surface area contributed by atoms with E-state index in [1.54, 1.807) is 11.3 Å². The first-order chi connectivity index (χ1) is 9.54. The van der Waals surface area contributed by atoms with Crippen molar-refractivity contribution in [1.82, 2.24) is 4.90 Å². The van der Waals surface area contributed by atoms with Crippen molar-refractivity contribution < 1.29 is 4.79 Å². The molecule has 0 saturated carbocycles. The van der Waals surface area contributed by atoms with Crippen LogP contribution >= 0.6 is 33.9 Å². The summed E-state index contributed by atoms with van der Waals surface area (Å²) in [7, 11) is 1.95. The molecule has 0 radical (unpaired) electrons. The monoisotopic (exact) mass is 400 g/mol. The molecule has 0 aliphatic heterocycles. The van der Waals surface area contributed by atoms with Gasteiger partial charge in [-0.15, -0.1) is 0 Å². The van der Waals surface area contributed by atoms with Gasteiger partial charge in [-0.2, -0.15) is 11.3 Å². The van der Waals surface area contributed by atoms with Crippen LogP contribution in [0.1, 0.15) is 11.1 Å². The summed E-state index contributed by atoms with van der Waals surface area (Å²) < 4.78 is 1.16. The van der Waals surface area contributed by atoms with Gasteiger partial charge in [0, 0.05) is 15.8 Å². The summed E-state index contributed by atoms with van der Waals surface area (Å²) in [4.78, 5) is 14.0. The van der Waals surface area contributed by atoms with Crippen LogP contribution in [0, 0.1) is 10.5 Å². The Bertz CT molecular complexity index is 584. The topological polar surface area (TPSA) is 32.3 Å². The molecule has 3 nitrogen and oxygen atoms in total. The van der Waals surface area contributed by atoms with Gasteiger partial charge in [0.05, 0.1) is 6.54 Å². The minimum Gasteiger partial charge on any atom is -0.325 e. The summed E-state index contributed by atoms with van der Waals surface area (Å²) in [6.45, 7) is 3.24. The molecule has 1 heterocycles. The fourth-order valence-corrected chi connectivity index (χ4v) is 3.04. The normalized spacial score (nSPS) is 10.8. The molecule has 2 aromatic rings. The van der Waals surface area contributed by atoms with E-state index in [0.29, 0.717) is 6.54 Å². The number of benzene rings is 1. The molecule has 1 aromatic carbocycles. The molecule has 106 valence electrons. The number of carbonyl (C=O) groups excluding carboxylic acids is 1. The Kier molecular flexibility index (Phi) is 5.56. The van der Waals surface area contributed by atoms with Crippen LogP contribution < -0.4 is 5.32 Å². The van der Waals surface area contributed by atoms with Crippen molar-refractivity contribution in [3.8, 4) is 0 Å². The highest BCUT2D eigenvalue weighted by Gasteiger charge is 2.08. The number of anilines is 1. The molecule has 1 amide bonds. The summed E-state index contributed by atoms with van der Waals surface area (Å²) in [5, 5.41) is 7.10. The molecule has 0 atom stereocenters. The molecular formula is C15H17IN2OS. The van der Waals surface area contributed by atoms with Gasteiger partial charge >= 0.3 is 0 Å². The lowest BCUT2D eigenvalue weighted by Gasteiger charge is -2.15. The Labute approximate surface area is 137 Å². The molecule has 5 heteroatoms. The average Bonchev–Trinajstić information content (AvgIpc) is 2.86. The van der Waals surface area contributed by atoms with Crippen LogP contribution in [0.4, 0.5) is 5.69 Å². The molecule has 0 aliphatic carbocycles. The second-order valence-corrected chi connectivity index (χ2v) is 6.76. The van der Waals surface area contributed by atoms with E-state index in [0.717, 1.165) is 15.8 Å². The summed E-state index contributed by atoms with van der Waals surface area (Å²) in [6, 6.07) is 8.04. The summed E-state index contributed by atoms with van der Waals surface area (Å²) >= 11 is 3.95. The molecule has 0 spiro atoms. The Morgan fingerprint density at radius 3 is 2.85 bits per heavy atom. The zero-order valence-electron chi connectivity index (χ0n) is 11.5. The van der Waals surface area contributed by atoms with E-state index in [2.05, 4.69) is 51.7 Å². The first-order valence-electron chi connectivity index (χ1n) is 6.30. The summed E-state index contributed by atoms with van der Waals surface area (Å²) in [6.07, 6.45) is 0. The largest absolute Gasteiger partial charge is 0.325 e. The lowest BCUT2D eigenvalue weighted by atomic mass is 10.2. The molecule has 1 N–H and O–H groups in total. The van der Waals surface area contributed by atoms with Gasteiger partial charge in [0.1, 0.15) is 0 Å². The first-order valence-corrected chi connectivity index (χ1v) is 8.32. The van der Waals surface area contributed by atoms with Crippen LogP contribution in [0.2, 0.25) is 0 Å². The van der Waals surface area contributed by atoms with Gasteiger partial charge in [-0.3, -0.25) is 9.69 Å². The third-order valence-corrected chi connectivity index (χ3v) is 4.80. The highest BCUT2D eigenvalue weighted by atomic mass is 127. The zero-order chi connectivity index (χ0) is 14.5. The second-order valence-electron chi connectivity index (χ2n) is 4.82. The first kappa shape index (κ1) is 15.5. The van der Waals surface area contributed by atoms with Crippen molar-refractivity contribution in [3.63, 3.8) is 0 Å². The van der Waals surface area contributed by atoms with Gasteiger partial charge in [-0.05, 0) is 76.6 Å². The van der Waals surface area contributed by atoms with Crippen molar-refractivity contribution in [2.75, 3.05) is 18.9 Å². The van der Waals surface area contributed by atoms with Gasteiger partial charge in [-0.25, -0.2) is 0 Å². The van der Waals surface area contributed by atoms with Crippen LogP contribution in [-0.2, 0) is 11.3 Å². The van der Waals surface area contributed by atoms with Crippen molar-refractivity contribution in [2.45, 2.75) is 13.5 Å². The zero-order valence-corrected chi connectivity index (χ0v) is 14.5. The van der Waals surface area contributed by atoms with Crippen molar-refractivity contribution in [1.29, 1.82) is 0 Å². The van der Waals surface area contributed by atoms with Crippen LogP contribution in [-0.4, -0.2) is 24.4 Å². The second kappa shape index (κ2) is 7.19. The lowest BCUT2D eigenvalue weighted by Crippen LogP contribution is -2.29. The predicted octanol–water partition coefficient (Wildman–Crippen LogP) is 3.73. The number of rotatable bonds is 5. The van der Waals surface area contributed by atoms with Gasteiger partial charge in [0.25, 0.3) is 0 Å². The molecule has 0 fully saturated rings. The predicted molar refractivity (Wildman–Crippen MR) is 93.2 cm³/mol. The van der Waals surface area contributed by atoms with Crippen LogP contribution in [0.15, 0.2) is 35.0 Å². The third-order valence-electron chi connectivity index (χ3n) is 2.90. The van der Waals surface area contributed by atoms with Crippen LogP contribution in [0.5, 0.6) is 0 Å². The molecule has 20 heavy (non-hydrogen) atoms. The van der Waals surface area contributed by atoms with E-state index in [1.165, 1.54) is 11.1 Å². The molecular weight excluding hydrogens is 383 g/mol. The number of thiophene rings is 1. The Morgan fingerprint density at radius 2 is 2.20 bits per heavy atom. The lowest BCUT2D eigenvalue weighted by molar-refractivity contribution is -0.117. The number of hydrogen-bond acceptors (Lipinski definition) is 3. The molecule has 0 saturated heterocycles. The van der Waals surface area contributed by atoms with E-state index < -0.39 is 0 Å². The van der Waals surface area contributed by atoms with E-state index in [4.69, 9.17) is 0 Å². The number of nitrogens with zero attached hydrogens (tertiary/aromatic N) is 1. The number of nitrogens with one attached hydrogen (secondary N) is 1. The minimum absolute atomic E-state index is 0.0161. The standard InChI is InChI=1S/C15H17IN2OS/c1-11-3-4-13(7-14(11)16)17-15(19)9-18(2)8-12-5-6-20-10-12/h3-7,10H,8-9H2,1-2H3,(H,17,19). The van der Waals surface area contributed by atoms with Gasteiger partial charge in [0.2, 0.25) is 5.91 Å². The summed E-state index contributed by atoms with van der Waals surface area (Å²) in [5.74, 6) is 0.0161. The summed E-state index contributed by atoms with van der Waals surface area (Å²) in [5.41, 5.74) is 3.32. The highest BCUT2D eigenvalue weighted by Crippen LogP contribution is 2.17. The maximum atomic E-state index is 12.0. The van der Waals surface area contributed by atoms with Crippen molar-refractivity contribution in [2.24, 2.45) is 0 Å². The molecule has 0 bridgehead atoms. The number of amides is 1. The molecule has 2 rings (SSSR count). The SMILES string of the molecule is Cc1ccc(NC(=O)CN(C)Cc2ccsc2)cc1I. The van der Waals surface area contributed by atoms with Crippen LogP contribution in [0.3, 0.4) is 0 Å². The van der Waals surface area contributed by atoms with Gasteiger partial charge in [0.15, 0.2) is 0 Å². The van der Waals surface area contributed by atoms with Crippen molar-refractivity contribution in [3.05, 3.63) is 49.7 Å². The Morgan fingerprint density at radius 1 is 1.40 bits per heavy atom. The van der Waals surface area contributed by atoms with E-state index in [-0.39, 0.29) is 5.91 Å². The molecule has 0 aliphatic rings. The smallest absolute Gasteiger partial charge is 0.238 e. The van der Waals surface area contributed by atoms with E-state index in [1.807, 2.05) is 30.1 Å². The Hall–Kier alpha value is -0.920. The Balaban J connectivity index is 1.87. The van der Waals surface area contributed by atoms with Crippen molar-refractivity contribution >= 4 is 45.5 Å². The number of aryl methyl sites for hydroxylation is 1. The fraction of sp³-hybridized carbons (Fsp3) is 0.267. The quantitative estimate of drug-likeness (QED) is 0.776. The average molecular weight is 400 g/mol. The molecule has 1 aromatic heterocycles. The van der Waals surface area contributed by atoms with Gasteiger partial charge < -0.3 is 5.32 Å². The number of halogens is 1. The highest BCUT2D eigenvalue weighted by molar-refractivity contribution is 14.1. The van der Waals surface area contributed by atoms with Gasteiger partial charge in [-0.1, -0.05) is 6.07 Å². The number of hydrogen-bond donors (Lipinski definition) is 1. The fourth-order valence-electron chi connectivity index (χ4n) is 1.87. The minimum atomic E-state index is 0.0161. The number of likely N-dealkylation sites (N-methyl/N-ethyl adjacent to an activating group) is 1. The third kappa shape index (κ3) is 4.57. The van der Waals surface area contributed by atoms with Crippen LogP contribution in [0.25, 0.3) is 0 Å². The maximum Gasteiger partial charge on any atom is 0.238 e. The van der Waals surface area contributed by atoms with E-state index >= 15 is 0 Å². The molecule has 0 unspecified atom stereocenters. The van der Waals surface area contributed by atoms with E-state index in [9.17, 15) is 4.79 Å². The number of carbonyl (C=O) groups is 1. The maximum absolute atomic E-state index is 12.0.